The third-order valence-electron chi connectivity index (χ3n) is 3.06. The van der Waals surface area contributed by atoms with E-state index in [1.54, 1.807) is 0 Å². The summed E-state index contributed by atoms with van der Waals surface area (Å²) in [5.74, 6) is 0.973. The van der Waals surface area contributed by atoms with E-state index in [2.05, 4.69) is 42.7 Å². The molecule has 2 heterocycles. The average Bonchev–Trinajstić information content (AvgIpc) is 2.29. The molecule has 1 aromatic heterocycles. The van der Waals surface area contributed by atoms with Crippen molar-refractivity contribution in [3.05, 3.63) is 48.2 Å². The fourth-order valence-corrected chi connectivity index (χ4v) is 2.35. The lowest BCUT2D eigenvalue weighted by Gasteiger charge is -2.21. The maximum Gasteiger partial charge on any atom is 0.299 e. The Morgan fingerprint density at radius 2 is 1.88 bits per heavy atom. The van der Waals surface area contributed by atoms with E-state index >= 15 is 0 Å². The maximum absolute atomic E-state index is 5.90. The minimum atomic E-state index is 0.0612. The van der Waals surface area contributed by atoms with Crippen molar-refractivity contribution in [2.75, 3.05) is 0 Å². The molecule has 0 amide bonds. The van der Waals surface area contributed by atoms with Crippen LogP contribution >= 0.6 is 0 Å². The number of rotatable bonds is 0. The molecule has 2 heteroatoms. The maximum atomic E-state index is 5.90. The van der Waals surface area contributed by atoms with Crippen LogP contribution in [-0.2, 0) is 0 Å². The van der Waals surface area contributed by atoms with Crippen LogP contribution in [0.1, 0.15) is 18.8 Å². The van der Waals surface area contributed by atoms with E-state index in [0.717, 1.165) is 5.75 Å². The van der Waals surface area contributed by atoms with Crippen LogP contribution in [0.5, 0.6) is 5.75 Å². The zero-order valence-electron chi connectivity index (χ0n) is 9.47. The van der Waals surface area contributed by atoms with E-state index < -0.39 is 0 Å². The molecule has 1 aliphatic rings. The third-order valence-corrected chi connectivity index (χ3v) is 3.06. The van der Waals surface area contributed by atoms with Gasteiger partial charge in [-0.05, 0) is 18.2 Å². The predicted octanol–water partition coefficient (Wildman–Crippen LogP) is 2.86. The van der Waals surface area contributed by atoms with Crippen molar-refractivity contribution in [1.29, 1.82) is 0 Å². The molecule has 0 aliphatic carbocycles. The third kappa shape index (κ3) is 1.23. The van der Waals surface area contributed by atoms with Crippen LogP contribution < -0.4 is 9.30 Å². The Bertz CT molecular complexity index is 548. The van der Waals surface area contributed by atoms with Crippen molar-refractivity contribution in [3.63, 3.8) is 0 Å². The van der Waals surface area contributed by atoms with Crippen LogP contribution in [0.15, 0.2) is 42.5 Å². The Balaban J connectivity index is 2.33. The van der Waals surface area contributed by atoms with Gasteiger partial charge in [0.2, 0.25) is 5.69 Å². The van der Waals surface area contributed by atoms with Crippen LogP contribution in [0, 0.1) is 6.92 Å². The molecule has 1 aromatic carbocycles. The molecule has 0 bridgehead atoms. The molecule has 1 atom stereocenters. The van der Waals surface area contributed by atoms with Gasteiger partial charge in [0, 0.05) is 26.0 Å². The molecule has 16 heavy (non-hydrogen) atoms. The van der Waals surface area contributed by atoms with Crippen LogP contribution in [0.25, 0.3) is 11.3 Å². The van der Waals surface area contributed by atoms with Crippen molar-refractivity contribution < 1.29 is 9.30 Å². The number of aromatic nitrogens is 1. The zero-order chi connectivity index (χ0) is 11.1. The SMILES string of the molecule is Cc1cccc2[n+]1[C@H](C)Oc1ccccc1-2. The highest BCUT2D eigenvalue weighted by molar-refractivity contribution is 5.65. The highest BCUT2D eigenvalue weighted by atomic mass is 16.5. The van der Waals surface area contributed by atoms with E-state index in [0.29, 0.717) is 0 Å². The quantitative estimate of drug-likeness (QED) is 0.612. The lowest BCUT2D eigenvalue weighted by atomic mass is 10.1. The van der Waals surface area contributed by atoms with Crippen molar-refractivity contribution in [1.82, 2.24) is 0 Å². The van der Waals surface area contributed by atoms with Gasteiger partial charge in [-0.25, -0.2) is 0 Å². The molecule has 2 nitrogen and oxygen atoms in total. The monoisotopic (exact) mass is 212 g/mol. The summed E-state index contributed by atoms with van der Waals surface area (Å²) < 4.78 is 8.13. The van der Waals surface area contributed by atoms with Gasteiger partial charge in [0.25, 0.3) is 6.23 Å². The molecular formula is C14H14NO+. The molecule has 0 radical (unpaired) electrons. The van der Waals surface area contributed by atoms with Gasteiger partial charge in [0.1, 0.15) is 5.75 Å². The first-order valence-electron chi connectivity index (χ1n) is 5.54. The number of ether oxygens (including phenoxy) is 1. The van der Waals surface area contributed by atoms with Gasteiger partial charge in [-0.3, -0.25) is 0 Å². The fraction of sp³-hybridized carbons (Fsp3) is 0.214. The predicted molar refractivity (Wildman–Crippen MR) is 62.1 cm³/mol. The van der Waals surface area contributed by atoms with Gasteiger partial charge < -0.3 is 4.74 Å². The number of aryl methyl sites for hydroxylation is 1. The number of fused-ring (bicyclic) bond motifs is 3. The van der Waals surface area contributed by atoms with E-state index in [1.807, 2.05) is 18.2 Å². The number of pyridine rings is 1. The second-order valence-corrected chi connectivity index (χ2v) is 4.14. The van der Waals surface area contributed by atoms with Gasteiger partial charge in [-0.2, -0.15) is 4.57 Å². The molecule has 0 unspecified atom stereocenters. The summed E-state index contributed by atoms with van der Waals surface area (Å²) in [6.07, 6.45) is 0.0612. The van der Waals surface area contributed by atoms with Gasteiger partial charge >= 0.3 is 0 Å². The number of benzene rings is 1. The van der Waals surface area contributed by atoms with E-state index in [9.17, 15) is 0 Å². The summed E-state index contributed by atoms with van der Waals surface area (Å²) in [5.41, 5.74) is 3.62. The molecule has 2 aromatic rings. The van der Waals surface area contributed by atoms with Gasteiger partial charge in [-0.1, -0.05) is 12.1 Å². The summed E-state index contributed by atoms with van der Waals surface area (Å²) >= 11 is 0. The molecule has 0 saturated heterocycles. The first kappa shape index (κ1) is 9.40. The highest BCUT2D eigenvalue weighted by Gasteiger charge is 2.30. The second-order valence-electron chi connectivity index (χ2n) is 4.14. The minimum Gasteiger partial charge on any atom is -0.433 e. The van der Waals surface area contributed by atoms with Crippen LogP contribution in [0.4, 0.5) is 0 Å². The standard InChI is InChI=1S/C14H14NO/c1-10-6-5-8-13-12-7-3-4-9-14(12)16-11(2)15(10)13/h3-9,11H,1-2H3/q+1/t11-/m0/s1. The fourth-order valence-electron chi connectivity index (χ4n) is 2.35. The largest absolute Gasteiger partial charge is 0.433 e. The van der Waals surface area contributed by atoms with E-state index in [4.69, 9.17) is 4.74 Å². The van der Waals surface area contributed by atoms with Gasteiger partial charge in [0.15, 0.2) is 5.69 Å². The second kappa shape index (κ2) is 3.34. The van der Waals surface area contributed by atoms with Crippen molar-refractivity contribution in [3.8, 4) is 17.0 Å². The Morgan fingerprint density at radius 3 is 2.75 bits per heavy atom. The smallest absolute Gasteiger partial charge is 0.299 e. The molecule has 0 N–H and O–H groups in total. The topological polar surface area (TPSA) is 13.1 Å². The highest BCUT2D eigenvalue weighted by Crippen LogP contribution is 2.33. The summed E-state index contributed by atoms with van der Waals surface area (Å²) in [4.78, 5) is 0. The molecule has 80 valence electrons. The zero-order valence-corrected chi connectivity index (χ0v) is 9.47. The Kier molecular flexibility index (Phi) is 1.96. The van der Waals surface area contributed by atoms with Crippen LogP contribution in [0.2, 0.25) is 0 Å². The number of hydrogen-bond donors (Lipinski definition) is 0. The molecule has 1 aliphatic heterocycles. The summed E-state index contributed by atoms with van der Waals surface area (Å²) in [6.45, 7) is 4.18. The summed E-state index contributed by atoms with van der Waals surface area (Å²) in [7, 11) is 0. The number of nitrogens with zero attached hydrogens (tertiary/aromatic N) is 1. The molecule has 0 saturated carbocycles. The summed E-state index contributed by atoms with van der Waals surface area (Å²) in [5, 5.41) is 0. The Hall–Kier alpha value is -1.83. The Morgan fingerprint density at radius 1 is 1.06 bits per heavy atom. The lowest BCUT2D eigenvalue weighted by molar-refractivity contribution is -0.748. The first-order chi connectivity index (χ1) is 7.77. The Labute approximate surface area is 95.1 Å². The molecule has 0 spiro atoms. The number of para-hydroxylation sites is 1. The minimum absolute atomic E-state index is 0.0612. The van der Waals surface area contributed by atoms with Gasteiger partial charge in [0.05, 0.1) is 5.56 Å². The van der Waals surface area contributed by atoms with Crippen molar-refractivity contribution in [2.24, 2.45) is 0 Å². The molecule has 3 rings (SSSR count). The average molecular weight is 212 g/mol. The lowest BCUT2D eigenvalue weighted by Crippen LogP contribution is -2.47. The van der Waals surface area contributed by atoms with E-state index in [-0.39, 0.29) is 6.23 Å². The number of hydrogen-bond acceptors (Lipinski definition) is 1. The van der Waals surface area contributed by atoms with Crippen LogP contribution in [0.3, 0.4) is 0 Å². The molecular weight excluding hydrogens is 198 g/mol. The molecule has 0 fully saturated rings. The van der Waals surface area contributed by atoms with Crippen molar-refractivity contribution >= 4 is 0 Å². The normalized spacial score (nSPS) is 17.2. The van der Waals surface area contributed by atoms with Crippen LogP contribution in [-0.4, -0.2) is 0 Å². The first-order valence-corrected chi connectivity index (χ1v) is 5.54. The van der Waals surface area contributed by atoms with E-state index in [1.165, 1.54) is 17.0 Å². The van der Waals surface area contributed by atoms with Crippen molar-refractivity contribution in [2.45, 2.75) is 20.1 Å². The van der Waals surface area contributed by atoms with Gasteiger partial charge in [-0.15, -0.1) is 0 Å². The summed E-state index contributed by atoms with van der Waals surface area (Å²) in [6, 6.07) is 14.5.